The van der Waals surface area contributed by atoms with Gasteiger partial charge in [0.25, 0.3) is 0 Å². The summed E-state index contributed by atoms with van der Waals surface area (Å²) in [5, 5.41) is 4.34. The van der Waals surface area contributed by atoms with E-state index < -0.39 is 0 Å². The number of nitrogens with two attached hydrogens (primary N) is 1. The Kier molecular flexibility index (Phi) is 3.25. The SMILES string of the molecule is CC(Cc1ccco1)Nc1nc(N)nc2ccccc12. The van der Waals surface area contributed by atoms with E-state index >= 15 is 0 Å². The van der Waals surface area contributed by atoms with Gasteiger partial charge in [0, 0.05) is 17.8 Å². The molecule has 1 aromatic carbocycles. The first-order valence-corrected chi connectivity index (χ1v) is 6.53. The quantitative estimate of drug-likeness (QED) is 0.760. The highest BCUT2D eigenvalue weighted by atomic mass is 16.3. The van der Waals surface area contributed by atoms with Crippen LogP contribution in [0, 0.1) is 0 Å². The Bertz CT molecular complexity index is 709. The van der Waals surface area contributed by atoms with E-state index in [1.54, 1.807) is 6.26 Å². The van der Waals surface area contributed by atoms with Crippen molar-refractivity contribution in [1.29, 1.82) is 0 Å². The summed E-state index contributed by atoms with van der Waals surface area (Å²) in [4.78, 5) is 8.52. The Morgan fingerprint density at radius 3 is 2.85 bits per heavy atom. The van der Waals surface area contributed by atoms with Gasteiger partial charge in [0.05, 0.1) is 11.8 Å². The lowest BCUT2D eigenvalue weighted by molar-refractivity contribution is 0.497. The molecule has 20 heavy (non-hydrogen) atoms. The number of rotatable bonds is 4. The highest BCUT2D eigenvalue weighted by molar-refractivity contribution is 5.89. The van der Waals surface area contributed by atoms with E-state index in [1.807, 2.05) is 36.4 Å². The van der Waals surface area contributed by atoms with E-state index in [0.717, 1.165) is 28.9 Å². The number of hydrogen-bond donors (Lipinski definition) is 2. The maximum atomic E-state index is 5.76. The van der Waals surface area contributed by atoms with E-state index in [-0.39, 0.29) is 12.0 Å². The minimum atomic E-state index is 0.179. The Morgan fingerprint density at radius 2 is 2.05 bits per heavy atom. The van der Waals surface area contributed by atoms with Crippen molar-refractivity contribution in [3.8, 4) is 0 Å². The minimum absolute atomic E-state index is 0.179. The molecule has 0 aliphatic carbocycles. The van der Waals surface area contributed by atoms with Gasteiger partial charge in [0.15, 0.2) is 0 Å². The number of nitrogens with one attached hydrogen (secondary N) is 1. The second-order valence-electron chi connectivity index (χ2n) is 4.78. The Morgan fingerprint density at radius 1 is 1.20 bits per heavy atom. The van der Waals surface area contributed by atoms with Crippen molar-refractivity contribution < 1.29 is 4.42 Å². The number of hydrogen-bond acceptors (Lipinski definition) is 5. The molecule has 1 unspecified atom stereocenters. The van der Waals surface area contributed by atoms with E-state index in [2.05, 4.69) is 22.2 Å². The summed E-state index contributed by atoms with van der Waals surface area (Å²) in [6.07, 6.45) is 2.46. The molecule has 0 saturated heterocycles. The van der Waals surface area contributed by atoms with Gasteiger partial charge in [-0.3, -0.25) is 0 Å². The predicted molar refractivity (Wildman–Crippen MR) is 79.4 cm³/mol. The molecule has 0 spiro atoms. The molecule has 0 bridgehead atoms. The molecule has 1 atom stereocenters. The van der Waals surface area contributed by atoms with Gasteiger partial charge < -0.3 is 15.5 Å². The highest BCUT2D eigenvalue weighted by Crippen LogP contribution is 2.22. The first kappa shape index (κ1) is 12.5. The molecular formula is C15H16N4O. The lowest BCUT2D eigenvalue weighted by atomic mass is 10.2. The summed E-state index contributed by atoms with van der Waals surface area (Å²) >= 11 is 0. The van der Waals surface area contributed by atoms with Gasteiger partial charge in [-0.25, -0.2) is 4.98 Å². The molecule has 3 aromatic rings. The molecule has 0 saturated carbocycles. The second-order valence-corrected chi connectivity index (χ2v) is 4.78. The third-order valence-corrected chi connectivity index (χ3v) is 3.09. The Balaban J connectivity index is 1.86. The third kappa shape index (κ3) is 2.56. The number of benzene rings is 1. The average molecular weight is 268 g/mol. The number of nitrogens with zero attached hydrogens (tertiary/aromatic N) is 2. The molecule has 5 nitrogen and oxygen atoms in total. The van der Waals surface area contributed by atoms with E-state index in [9.17, 15) is 0 Å². The molecule has 0 radical (unpaired) electrons. The van der Waals surface area contributed by atoms with E-state index in [4.69, 9.17) is 10.2 Å². The number of furan rings is 1. The molecule has 2 heterocycles. The van der Waals surface area contributed by atoms with Crippen LogP contribution in [0.25, 0.3) is 10.9 Å². The standard InChI is InChI=1S/C15H16N4O/c1-10(9-11-5-4-8-20-11)17-14-12-6-2-3-7-13(12)18-15(16)19-14/h2-8,10H,9H2,1H3,(H3,16,17,18,19). The van der Waals surface area contributed by atoms with Crippen LogP contribution in [0.4, 0.5) is 11.8 Å². The summed E-state index contributed by atoms with van der Waals surface area (Å²) in [6.45, 7) is 2.08. The van der Waals surface area contributed by atoms with Crippen LogP contribution in [0.1, 0.15) is 12.7 Å². The fraction of sp³-hybridized carbons (Fsp3) is 0.200. The second kappa shape index (κ2) is 5.21. The fourth-order valence-corrected chi connectivity index (χ4v) is 2.22. The molecule has 3 rings (SSSR count). The number of para-hydroxylation sites is 1. The average Bonchev–Trinajstić information content (AvgIpc) is 2.91. The molecule has 102 valence electrons. The van der Waals surface area contributed by atoms with Crippen molar-refractivity contribution in [3.05, 3.63) is 48.4 Å². The van der Waals surface area contributed by atoms with E-state index in [1.165, 1.54) is 0 Å². The van der Waals surface area contributed by atoms with Crippen molar-refractivity contribution in [2.24, 2.45) is 0 Å². The number of fused-ring (bicyclic) bond motifs is 1. The number of aromatic nitrogens is 2. The zero-order valence-electron chi connectivity index (χ0n) is 11.2. The molecule has 0 aliphatic rings. The molecule has 5 heteroatoms. The van der Waals surface area contributed by atoms with Crippen molar-refractivity contribution in [2.45, 2.75) is 19.4 Å². The van der Waals surface area contributed by atoms with Gasteiger partial charge in [-0.05, 0) is 31.2 Å². The number of anilines is 2. The monoisotopic (exact) mass is 268 g/mol. The lowest BCUT2D eigenvalue weighted by Gasteiger charge is -2.15. The summed E-state index contributed by atoms with van der Waals surface area (Å²) in [7, 11) is 0. The Hall–Kier alpha value is -2.56. The van der Waals surface area contributed by atoms with Crippen LogP contribution in [-0.4, -0.2) is 16.0 Å². The summed E-state index contributed by atoms with van der Waals surface area (Å²) in [5.41, 5.74) is 6.60. The topological polar surface area (TPSA) is 77.0 Å². The van der Waals surface area contributed by atoms with Crippen molar-refractivity contribution >= 4 is 22.7 Å². The number of nitrogen functional groups attached to an aromatic ring is 1. The van der Waals surface area contributed by atoms with Crippen LogP contribution in [0.15, 0.2) is 47.1 Å². The van der Waals surface area contributed by atoms with Crippen LogP contribution in [-0.2, 0) is 6.42 Å². The van der Waals surface area contributed by atoms with Gasteiger partial charge in [-0.2, -0.15) is 4.98 Å². The largest absolute Gasteiger partial charge is 0.469 e. The van der Waals surface area contributed by atoms with Gasteiger partial charge in [-0.15, -0.1) is 0 Å². The van der Waals surface area contributed by atoms with Crippen LogP contribution in [0.3, 0.4) is 0 Å². The normalized spacial score (nSPS) is 12.4. The van der Waals surface area contributed by atoms with Crippen molar-refractivity contribution in [1.82, 2.24) is 9.97 Å². The highest BCUT2D eigenvalue weighted by Gasteiger charge is 2.10. The minimum Gasteiger partial charge on any atom is -0.469 e. The van der Waals surface area contributed by atoms with Gasteiger partial charge >= 0.3 is 0 Å². The van der Waals surface area contributed by atoms with Gasteiger partial charge in [0.2, 0.25) is 5.95 Å². The molecular weight excluding hydrogens is 252 g/mol. The maximum Gasteiger partial charge on any atom is 0.222 e. The van der Waals surface area contributed by atoms with Gasteiger partial charge in [0.1, 0.15) is 11.6 Å². The summed E-state index contributed by atoms with van der Waals surface area (Å²) in [6, 6.07) is 11.8. The van der Waals surface area contributed by atoms with Crippen LogP contribution < -0.4 is 11.1 Å². The first-order valence-electron chi connectivity index (χ1n) is 6.53. The zero-order chi connectivity index (χ0) is 13.9. The van der Waals surface area contributed by atoms with Crippen LogP contribution >= 0.6 is 0 Å². The fourth-order valence-electron chi connectivity index (χ4n) is 2.22. The third-order valence-electron chi connectivity index (χ3n) is 3.09. The zero-order valence-corrected chi connectivity index (χ0v) is 11.2. The van der Waals surface area contributed by atoms with Crippen molar-refractivity contribution in [3.63, 3.8) is 0 Å². The van der Waals surface area contributed by atoms with Gasteiger partial charge in [-0.1, -0.05) is 12.1 Å². The molecule has 0 amide bonds. The molecule has 0 aliphatic heterocycles. The van der Waals surface area contributed by atoms with E-state index in [0.29, 0.717) is 0 Å². The summed E-state index contributed by atoms with van der Waals surface area (Å²) in [5.74, 6) is 1.97. The molecule has 3 N–H and O–H groups in total. The summed E-state index contributed by atoms with van der Waals surface area (Å²) < 4.78 is 5.36. The smallest absolute Gasteiger partial charge is 0.222 e. The predicted octanol–water partition coefficient (Wildman–Crippen LogP) is 2.85. The Labute approximate surface area is 116 Å². The van der Waals surface area contributed by atoms with Crippen molar-refractivity contribution in [2.75, 3.05) is 11.1 Å². The first-order chi connectivity index (χ1) is 9.72. The van der Waals surface area contributed by atoms with Crippen LogP contribution in [0.2, 0.25) is 0 Å². The molecule has 0 fully saturated rings. The van der Waals surface area contributed by atoms with Crippen LogP contribution in [0.5, 0.6) is 0 Å². The molecule has 2 aromatic heterocycles. The lowest BCUT2D eigenvalue weighted by Crippen LogP contribution is -2.19. The maximum absolute atomic E-state index is 5.76.